The SMILES string of the molecule is FC(F)(F)c1cc(NCc2nnc3n2-c2ccccc2CC3)c2ccccc2n1. The average Bonchev–Trinajstić information content (AvgIpc) is 3.15. The first-order chi connectivity index (χ1) is 14.0. The van der Waals surface area contributed by atoms with Gasteiger partial charge in [-0.25, -0.2) is 4.98 Å². The van der Waals surface area contributed by atoms with Crippen LogP contribution in [0.4, 0.5) is 18.9 Å². The maximum Gasteiger partial charge on any atom is 0.433 e. The van der Waals surface area contributed by atoms with E-state index in [4.69, 9.17) is 0 Å². The number of halogens is 3. The third-order valence-electron chi connectivity index (χ3n) is 5.09. The van der Waals surface area contributed by atoms with Crippen molar-refractivity contribution in [3.63, 3.8) is 0 Å². The van der Waals surface area contributed by atoms with Gasteiger partial charge in [-0.15, -0.1) is 10.2 Å². The van der Waals surface area contributed by atoms with Gasteiger partial charge in [0.1, 0.15) is 11.5 Å². The van der Waals surface area contributed by atoms with Crippen molar-refractivity contribution >= 4 is 16.6 Å². The van der Waals surface area contributed by atoms with E-state index in [0.717, 1.165) is 30.4 Å². The molecule has 0 saturated carbocycles. The van der Waals surface area contributed by atoms with Crippen molar-refractivity contribution in [2.45, 2.75) is 25.6 Å². The van der Waals surface area contributed by atoms with Crippen LogP contribution in [-0.2, 0) is 25.6 Å². The summed E-state index contributed by atoms with van der Waals surface area (Å²) in [7, 11) is 0. The average molecular weight is 395 g/mol. The first-order valence-corrected chi connectivity index (χ1v) is 9.23. The molecule has 0 unspecified atom stereocenters. The molecule has 5 nitrogen and oxygen atoms in total. The Balaban J connectivity index is 1.53. The minimum atomic E-state index is -4.52. The molecule has 5 rings (SSSR count). The smallest absolute Gasteiger partial charge is 0.377 e. The van der Waals surface area contributed by atoms with E-state index in [-0.39, 0.29) is 6.54 Å². The monoisotopic (exact) mass is 395 g/mol. The van der Waals surface area contributed by atoms with Crippen LogP contribution in [0.3, 0.4) is 0 Å². The van der Waals surface area contributed by atoms with E-state index in [1.54, 1.807) is 24.3 Å². The molecule has 146 valence electrons. The number of aromatic nitrogens is 4. The van der Waals surface area contributed by atoms with Crippen molar-refractivity contribution in [3.05, 3.63) is 77.5 Å². The highest BCUT2D eigenvalue weighted by Gasteiger charge is 2.33. The lowest BCUT2D eigenvalue weighted by Gasteiger charge is -2.19. The van der Waals surface area contributed by atoms with Gasteiger partial charge in [-0.1, -0.05) is 36.4 Å². The molecule has 2 aromatic carbocycles. The highest BCUT2D eigenvalue weighted by atomic mass is 19.4. The van der Waals surface area contributed by atoms with Crippen LogP contribution in [0.15, 0.2) is 54.6 Å². The lowest BCUT2D eigenvalue weighted by Crippen LogP contribution is -2.16. The zero-order valence-electron chi connectivity index (χ0n) is 15.2. The Morgan fingerprint density at radius 1 is 0.966 bits per heavy atom. The van der Waals surface area contributed by atoms with Crippen molar-refractivity contribution in [3.8, 4) is 5.69 Å². The fourth-order valence-electron chi connectivity index (χ4n) is 3.74. The van der Waals surface area contributed by atoms with Crippen LogP contribution in [0, 0.1) is 0 Å². The fourth-order valence-corrected chi connectivity index (χ4v) is 3.74. The quantitative estimate of drug-likeness (QED) is 0.553. The Morgan fingerprint density at radius 3 is 2.62 bits per heavy atom. The second-order valence-electron chi connectivity index (χ2n) is 6.92. The summed E-state index contributed by atoms with van der Waals surface area (Å²) in [6.45, 7) is 0.243. The minimum absolute atomic E-state index is 0.243. The van der Waals surface area contributed by atoms with Gasteiger partial charge in [0.2, 0.25) is 0 Å². The summed E-state index contributed by atoms with van der Waals surface area (Å²) in [5, 5.41) is 12.3. The summed E-state index contributed by atoms with van der Waals surface area (Å²) in [6.07, 6.45) is -2.85. The molecule has 0 aliphatic carbocycles. The highest BCUT2D eigenvalue weighted by molar-refractivity contribution is 5.91. The molecule has 1 N–H and O–H groups in total. The number of benzene rings is 2. The van der Waals surface area contributed by atoms with E-state index in [1.807, 2.05) is 22.8 Å². The Bertz CT molecular complexity index is 1210. The Hall–Kier alpha value is -3.42. The van der Waals surface area contributed by atoms with Crippen LogP contribution < -0.4 is 5.32 Å². The van der Waals surface area contributed by atoms with Crippen LogP contribution in [-0.4, -0.2) is 19.7 Å². The van der Waals surface area contributed by atoms with Gasteiger partial charge in [0.25, 0.3) is 0 Å². The van der Waals surface area contributed by atoms with Crippen molar-refractivity contribution in [1.82, 2.24) is 19.7 Å². The van der Waals surface area contributed by atoms with E-state index >= 15 is 0 Å². The third-order valence-corrected chi connectivity index (χ3v) is 5.09. The first kappa shape index (κ1) is 17.7. The topological polar surface area (TPSA) is 55.6 Å². The fraction of sp³-hybridized carbons (Fsp3) is 0.190. The largest absolute Gasteiger partial charge is 0.433 e. The third kappa shape index (κ3) is 3.10. The van der Waals surface area contributed by atoms with Crippen LogP contribution in [0.2, 0.25) is 0 Å². The molecule has 0 spiro atoms. The van der Waals surface area contributed by atoms with E-state index in [0.29, 0.717) is 22.4 Å². The second kappa shape index (κ2) is 6.58. The molecule has 0 fully saturated rings. The number of fused-ring (bicyclic) bond motifs is 4. The van der Waals surface area contributed by atoms with Gasteiger partial charge < -0.3 is 5.32 Å². The second-order valence-corrected chi connectivity index (χ2v) is 6.92. The van der Waals surface area contributed by atoms with Crippen molar-refractivity contribution in [2.75, 3.05) is 5.32 Å². The predicted molar refractivity (Wildman–Crippen MR) is 103 cm³/mol. The molecule has 1 aliphatic heterocycles. The minimum Gasteiger partial charge on any atom is -0.377 e. The Morgan fingerprint density at radius 2 is 1.76 bits per heavy atom. The summed E-state index contributed by atoms with van der Waals surface area (Å²) < 4.78 is 41.8. The van der Waals surface area contributed by atoms with Crippen molar-refractivity contribution in [1.29, 1.82) is 0 Å². The van der Waals surface area contributed by atoms with E-state index < -0.39 is 11.9 Å². The van der Waals surface area contributed by atoms with Crippen LogP contribution >= 0.6 is 0 Å². The van der Waals surface area contributed by atoms with Gasteiger partial charge in [0.05, 0.1) is 17.7 Å². The van der Waals surface area contributed by atoms with E-state index in [1.165, 1.54) is 5.56 Å². The molecule has 0 atom stereocenters. The highest BCUT2D eigenvalue weighted by Crippen LogP contribution is 2.33. The van der Waals surface area contributed by atoms with Gasteiger partial charge in [-0.2, -0.15) is 13.2 Å². The van der Waals surface area contributed by atoms with Crippen molar-refractivity contribution < 1.29 is 13.2 Å². The standard InChI is InChI=1S/C21H16F3N5/c22-21(23,24)18-11-16(14-6-2-3-7-15(14)26-18)25-12-20-28-27-19-10-9-13-5-1-4-8-17(13)29(19)20/h1-8,11H,9-10,12H2,(H,25,26). The molecule has 2 aromatic heterocycles. The number of rotatable bonds is 3. The van der Waals surface area contributed by atoms with Gasteiger partial charge in [-0.05, 0) is 30.2 Å². The molecule has 0 amide bonds. The van der Waals surface area contributed by atoms with Gasteiger partial charge in [0.15, 0.2) is 5.82 Å². The van der Waals surface area contributed by atoms with Gasteiger partial charge in [-0.3, -0.25) is 4.57 Å². The zero-order valence-corrected chi connectivity index (χ0v) is 15.2. The summed E-state index contributed by atoms with van der Waals surface area (Å²) in [5.74, 6) is 1.51. The van der Waals surface area contributed by atoms with Gasteiger partial charge in [0, 0.05) is 17.5 Å². The Kier molecular flexibility index (Phi) is 4.01. The number of anilines is 1. The lowest BCUT2D eigenvalue weighted by atomic mass is 10.0. The molecule has 8 heteroatoms. The summed E-state index contributed by atoms with van der Waals surface area (Å²) >= 11 is 0. The van der Waals surface area contributed by atoms with Crippen LogP contribution in [0.25, 0.3) is 16.6 Å². The zero-order chi connectivity index (χ0) is 20.0. The summed E-state index contributed by atoms with van der Waals surface area (Å²) in [5.41, 5.74) is 1.95. The maximum absolute atomic E-state index is 13.3. The number of nitrogens with one attached hydrogen (secondary N) is 1. The molecule has 3 heterocycles. The summed E-state index contributed by atoms with van der Waals surface area (Å²) in [4.78, 5) is 3.75. The molecular formula is C21H16F3N5. The van der Waals surface area contributed by atoms with Crippen LogP contribution in [0.1, 0.15) is 22.9 Å². The number of pyridine rings is 1. The number of nitrogens with zero attached hydrogens (tertiary/aromatic N) is 4. The van der Waals surface area contributed by atoms with Crippen LogP contribution in [0.5, 0.6) is 0 Å². The molecule has 0 saturated heterocycles. The van der Waals surface area contributed by atoms with E-state index in [2.05, 4.69) is 26.6 Å². The number of alkyl halides is 3. The van der Waals surface area contributed by atoms with E-state index in [9.17, 15) is 13.2 Å². The molecular weight excluding hydrogens is 379 g/mol. The number of para-hydroxylation sites is 2. The van der Waals surface area contributed by atoms with Crippen molar-refractivity contribution in [2.24, 2.45) is 0 Å². The summed E-state index contributed by atoms with van der Waals surface area (Å²) in [6, 6.07) is 15.8. The molecule has 29 heavy (non-hydrogen) atoms. The van der Waals surface area contributed by atoms with Gasteiger partial charge >= 0.3 is 6.18 Å². The molecule has 1 aliphatic rings. The maximum atomic E-state index is 13.3. The molecule has 0 bridgehead atoms. The number of aryl methyl sites for hydroxylation is 2. The first-order valence-electron chi connectivity index (χ1n) is 9.23. The predicted octanol–water partition coefficient (Wildman–Crippen LogP) is 4.55. The molecule has 0 radical (unpaired) electrons. The number of hydrogen-bond donors (Lipinski definition) is 1. The lowest BCUT2D eigenvalue weighted by molar-refractivity contribution is -0.140. The number of hydrogen-bond acceptors (Lipinski definition) is 4. The Labute approximate surface area is 164 Å². The normalized spacial score (nSPS) is 13.2. The molecule has 4 aromatic rings.